The average Bonchev–Trinajstić information content (AvgIpc) is 1.84. The quantitative estimate of drug-likeness (QED) is 0.703. The second-order valence-corrected chi connectivity index (χ2v) is 4.73. The minimum atomic E-state index is -0.396. The molecule has 0 atom stereocenters. The summed E-state index contributed by atoms with van der Waals surface area (Å²) < 4.78 is 0. The fraction of sp³-hybridized carbons (Fsp3) is 0.900. The molecule has 0 aromatic rings. The third kappa shape index (κ3) is 2.94. The zero-order valence-electron chi connectivity index (χ0n) is 9.12. The summed E-state index contributed by atoms with van der Waals surface area (Å²) in [6.07, 6.45) is 0. The van der Waals surface area contributed by atoms with Crippen LogP contribution in [0.1, 0.15) is 41.5 Å². The highest BCUT2D eigenvalue weighted by atomic mass is 16.1. The van der Waals surface area contributed by atoms with Crippen molar-refractivity contribution >= 4 is 5.78 Å². The molecular weight excluding hydrogens is 150 g/mol. The van der Waals surface area contributed by atoms with Crippen molar-refractivity contribution in [1.82, 2.24) is 5.32 Å². The Hall–Kier alpha value is -0.370. The van der Waals surface area contributed by atoms with Crippen LogP contribution < -0.4 is 5.32 Å². The van der Waals surface area contributed by atoms with Gasteiger partial charge >= 0.3 is 0 Å². The SMILES string of the molecule is CCNC(C)(C)C(=O)C(C)(C)C. The van der Waals surface area contributed by atoms with Gasteiger partial charge in [-0.05, 0) is 20.4 Å². The van der Waals surface area contributed by atoms with Crippen LogP contribution in [0.25, 0.3) is 0 Å². The minimum Gasteiger partial charge on any atom is -0.306 e. The Bertz CT molecular complexity index is 165. The molecule has 12 heavy (non-hydrogen) atoms. The molecule has 0 spiro atoms. The van der Waals surface area contributed by atoms with Crippen molar-refractivity contribution in [3.63, 3.8) is 0 Å². The van der Waals surface area contributed by atoms with E-state index in [1.807, 2.05) is 41.5 Å². The smallest absolute Gasteiger partial charge is 0.157 e. The molecule has 0 saturated carbocycles. The third-order valence-electron chi connectivity index (χ3n) is 1.87. The van der Waals surface area contributed by atoms with Gasteiger partial charge in [0.15, 0.2) is 5.78 Å². The maximum absolute atomic E-state index is 11.8. The second-order valence-electron chi connectivity index (χ2n) is 4.73. The number of hydrogen-bond donors (Lipinski definition) is 1. The summed E-state index contributed by atoms with van der Waals surface area (Å²) in [5, 5.41) is 3.18. The highest BCUT2D eigenvalue weighted by Crippen LogP contribution is 2.22. The molecule has 0 aliphatic rings. The van der Waals surface area contributed by atoms with Gasteiger partial charge in [-0.15, -0.1) is 0 Å². The van der Waals surface area contributed by atoms with E-state index in [0.717, 1.165) is 6.54 Å². The van der Waals surface area contributed by atoms with Crippen LogP contribution in [0.5, 0.6) is 0 Å². The normalized spacial score (nSPS) is 13.2. The van der Waals surface area contributed by atoms with Crippen LogP contribution in [0, 0.1) is 5.41 Å². The van der Waals surface area contributed by atoms with Crippen LogP contribution in [0.4, 0.5) is 0 Å². The molecule has 0 saturated heterocycles. The maximum atomic E-state index is 11.8. The van der Waals surface area contributed by atoms with Gasteiger partial charge in [0, 0.05) is 5.41 Å². The monoisotopic (exact) mass is 171 g/mol. The highest BCUT2D eigenvalue weighted by Gasteiger charge is 2.34. The average molecular weight is 171 g/mol. The van der Waals surface area contributed by atoms with Crippen LogP contribution in [-0.4, -0.2) is 17.9 Å². The lowest BCUT2D eigenvalue weighted by Crippen LogP contribution is -2.51. The summed E-state index contributed by atoms with van der Waals surface area (Å²) in [5.74, 6) is 0.261. The van der Waals surface area contributed by atoms with Crippen molar-refractivity contribution in [2.24, 2.45) is 5.41 Å². The highest BCUT2D eigenvalue weighted by molar-refractivity contribution is 5.91. The first-order valence-electron chi connectivity index (χ1n) is 4.51. The molecule has 0 amide bonds. The minimum absolute atomic E-state index is 0.258. The number of nitrogens with one attached hydrogen (secondary N) is 1. The van der Waals surface area contributed by atoms with Gasteiger partial charge < -0.3 is 5.32 Å². The summed E-state index contributed by atoms with van der Waals surface area (Å²) in [5.41, 5.74) is -0.654. The molecule has 0 rings (SSSR count). The van der Waals surface area contributed by atoms with E-state index in [9.17, 15) is 4.79 Å². The first-order chi connectivity index (χ1) is 5.22. The Morgan fingerprint density at radius 2 is 1.58 bits per heavy atom. The first-order valence-corrected chi connectivity index (χ1v) is 4.51. The van der Waals surface area contributed by atoms with Gasteiger partial charge in [-0.2, -0.15) is 0 Å². The van der Waals surface area contributed by atoms with Gasteiger partial charge in [0.05, 0.1) is 5.54 Å². The molecule has 1 N–H and O–H groups in total. The van der Waals surface area contributed by atoms with Crippen LogP contribution in [-0.2, 0) is 4.79 Å². The molecule has 2 heteroatoms. The Morgan fingerprint density at radius 1 is 1.17 bits per heavy atom. The van der Waals surface area contributed by atoms with E-state index in [2.05, 4.69) is 5.32 Å². The van der Waals surface area contributed by atoms with Gasteiger partial charge in [-0.3, -0.25) is 4.79 Å². The molecule has 72 valence electrons. The van der Waals surface area contributed by atoms with Crippen LogP contribution >= 0.6 is 0 Å². The number of likely N-dealkylation sites (N-methyl/N-ethyl adjacent to an activating group) is 1. The van der Waals surface area contributed by atoms with E-state index < -0.39 is 5.54 Å². The van der Waals surface area contributed by atoms with Gasteiger partial charge in [0.2, 0.25) is 0 Å². The van der Waals surface area contributed by atoms with E-state index in [1.54, 1.807) is 0 Å². The first kappa shape index (κ1) is 11.6. The fourth-order valence-corrected chi connectivity index (χ4v) is 1.46. The van der Waals surface area contributed by atoms with Crippen LogP contribution in [0.2, 0.25) is 0 Å². The zero-order chi connectivity index (χ0) is 9.99. The van der Waals surface area contributed by atoms with E-state index in [0.29, 0.717) is 0 Å². The lowest BCUT2D eigenvalue weighted by Gasteiger charge is -2.31. The molecule has 0 fully saturated rings. The van der Waals surface area contributed by atoms with Crippen molar-refractivity contribution in [2.45, 2.75) is 47.1 Å². The number of carbonyl (C=O) groups is 1. The van der Waals surface area contributed by atoms with Crippen molar-refractivity contribution in [3.8, 4) is 0 Å². The molecule has 0 bridgehead atoms. The van der Waals surface area contributed by atoms with Crippen molar-refractivity contribution in [1.29, 1.82) is 0 Å². The Kier molecular flexibility index (Phi) is 3.45. The maximum Gasteiger partial charge on any atom is 0.157 e. The van der Waals surface area contributed by atoms with Crippen LogP contribution in [0.15, 0.2) is 0 Å². The Morgan fingerprint density at radius 3 is 1.83 bits per heavy atom. The molecule has 0 unspecified atom stereocenters. The summed E-state index contributed by atoms with van der Waals surface area (Å²) in [6.45, 7) is 12.6. The number of ketones is 1. The van der Waals surface area contributed by atoms with E-state index >= 15 is 0 Å². The summed E-state index contributed by atoms with van der Waals surface area (Å²) >= 11 is 0. The van der Waals surface area contributed by atoms with E-state index in [1.165, 1.54) is 0 Å². The third-order valence-corrected chi connectivity index (χ3v) is 1.87. The number of hydrogen-bond acceptors (Lipinski definition) is 2. The molecule has 0 aliphatic heterocycles. The van der Waals surface area contributed by atoms with Crippen molar-refractivity contribution in [3.05, 3.63) is 0 Å². The molecule has 2 nitrogen and oxygen atoms in total. The van der Waals surface area contributed by atoms with E-state index in [4.69, 9.17) is 0 Å². The molecule has 0 aliphatic carbocycles. The van der Waals surface area contributed by atoms with Gasteiger partial charge in [-0.25, -0.2) is 0 Å². The summed E-state index contributed by atoms with van der Waals surface area (Å²) in [4.78, 5) is 11.8. The number of carbonyl (C=O) groups excluding carboxylic acids is 1. The molecular formula is C10H21NO. The largest absolute Gasteiger partial charge is 0.306 e. The number of Topliss-reactive ketones (excluding diaryl/α,β-unsaturated/α-hetero) is 1. The molecule has 0 heterocycles. The Balaban J connectivity index is 4.46. The standard InChI is InChI=1S/C10H21NO/c1-7-11-10(5,6)8(12)9(2,3)4/h11H,7H2,1-6H3. The summed E-state index contributed by atoms with van der Waals surface area (Å²) in [6, 6.07) is 0. The lowest BCUT2D eigenvalue weighted by molar-refractivity contribution is -0.131. The predicted octanol–water partition coefficient (Wildman–Crippen LogP) is 1.99. The van der Waals surface area contributed by atoms with Gasteiger partial charge in [0.1, 0.15) is 0 Å². The molecule has 0 aromatic carbocycles. The zero-order valence-corrected chi connectivity index (χ0v) is 9.12. The fourth-order valence-electron chi connectivity index (χ4n) is 1.46. The van der Waals surface area contributed by atoms with E-state index in [-0.39, 0.29) is 11.2 Å². The van der Waals surface area contributed by atoms with Gasteiger partial charge in [-0.1, -0.05) is 27.7 Å². The Labute approximate surface area is 75.7 Å². The lowest BCUT2D eigenvalue weighted by atomic mass is 9.80. The molecule has 0 aromatic heterocycles. The topological polar surface area (TPSA) is 29.1 Å². The van der Waals surface area contributed by atoms with Crippen molar-refractivity contribution < 1.29 is 4.79 Å². The number of rotatable bonds is 3. The van der Waals surface area contributed by atoms with Crippen LogP contribution in [0.3, 0.4) is 0 Å². The predicted molar refractivity (Wildman–Crippen MR) is 52.2 cm³/mol. The van der Waals surface area contributed by atoms with Gasteiger partial charge in [0.25, 0.3) is 0 Å². The van der Waals surface area contributed by atoms with Crippen molar-refractivity contribution in [2.75, 3.05) is 6.54 Å². The second kappa shape index (κ2) is 3.56. The summed E-state index contributed by atoms with van der Waals surface area (Å²) in [7, 11) is 0. The molecule has 0 radical (unpaired) electrons.